The van der Waals surface area contributed by atoms with Crippen LogP contribution in [0, 0.1) is 0 Å². The Bertz CT molecular complexity index is 482. The van der Waals surface area contributed by atoms with Crippen LogP contribution in [0.3, 0.4) is 0 Å². The summed E-state index contributed by atoms with van der Waals surface area (Å²) in [5, 5.41) is 0. The van der Waals surface area contributed by atoms with Gasteiger partial charge in [-0.15, -0.1) is 0 Å². The number of hydrogen-bond donors (Lipinski definition) is 1. The van der Waals surface area contributed by atoms with Gasteiger partial charge in [0, 0.05) is 17.6 Å². The van der Waals surface area contributed by atoms with E-state index in [2.05, 4.69) is 24.0 Å². The van der Waals surface area contributed by atoms with Crippen LogP contribution in [0.5, 0.6) is 0 Å². The number of rotatable bonds is 3. The van der Waals surface area contributed by atoms with E-state index >= 15 is 0 Å². The Labute approximate surface area is 121 Å². The molecule has 1 aliphatic heterocycles. The molecule has 1 saturated heterocycles. The summed E-state index contributed by atoms with van der Waals surface area (Å²) < 4.78 is 0. The van der Waals surface area contributed by atoms with Crippen molar-refractivity contribution in [2.75, 3.05) is 6.54 Å². The first-order chi connectivity index (χ1) is 9.65. The first kappa shape index (κ1) is 13.6. The standard InChI is InChI=1S/C17H24N2O/c1-12-3-2-10-19(12)16-9-8-15(11-16)13-4-6-14(7-5-13)17(18)20/h4-7,12,15-16H,2-3,8-11H2,1H3,(H2,18,20)/t12-,15-,16?/m0/s1. The van der Waals surface area contributed by atoms with Crippen molar-refractivity contribution in [3.63, 3.8) is 0 Å². The Balaban J connectivity index is 1.66. The number of nitrogens with zero attached hydrogens (tertiary/aromatic N) is 1. The molecule has 108 valence electrons. The lowest BCUT2D eigenvalue weighted by Crippen LogP contribution is -2.35. The maximum Gasteiger partial charge on any atom is 0.248 e. The van der Waals surface area contributed by atoms with E-state index in [-0.39, 0.29) is 5.91 Å². The molecule has 1 unspecified atom stereocenters. The van der Waals surface area contributed by atoms with Crippen LogP contribution in [-0.4, -0.2) is 29.4 Å². The van der Waals surface area contributed by atoms with Gasteiger partial charge in [-0.3, -0.25) is 9.69 Å². The SMILES string of the molecule is C[C@H]1CCCN1C1CC[C@H](c2ccc(C(N)=O)cc2)C1. The highest BCUT2D eigenvalue weighted by Gasteiger charge is 2.34. The third-order valence-electron chi connectivity index (χ3n) is 5.14. The molecule has 1 saturated carbocycles. The molecule has 0 spiro atoms. The zero-order valence-corrected chi connectivity index (χ0v) is 12.2. The van der Waals surface area contributed by atoms with Gasteiger partial charge in [-0.25, -0.2) is 0 Å². The Morgan fingerprint density at radius 3 is 2.55 bits per heavy atom. The van der Waals surface area contributed by atoms with Crippen LogP contribution in [0.15, 0.2) is 24.3 Å². The van der Waals surface area contributed by atoms with E-state index in [0.717, 1.165) is 12.1 Å². The summed E-state index contributed by atoms with van der Waals surface area (Å²) in [6.07, 6.45) is 6.56. The first-order valence-corrected chi connectivity index (χ1v) is 7.80. The molecule has 1 heterocycles. The predicted molar refractivity (Wildman–Crippen MR) is 80.7 cm³/mol. The van der Waals surface area contributed by atoms with Crippen LogP contribution < -0.4 is 5.73 Å². The molecule has 1 aromatic carbocycles. The van der Waals surface area contributed by atoms with E-state index in [4.69, 9.17) is 5.73 Å². The maximum atomic E-state index is 11.1. The van der Waals surface area contributed by atoms with Gasteiger partial charge in [0.25, 0.3) is 0 Å². The molecule has 2 fully saturated rings. The number of nitrogens with two attached hydrogens (primary N) is 1. The van der Waals surface area contributed by atoms with Crippen LogP contribution in [0.2, 0.25) is 0 Å². The van der Waals surface area contributed by atoms with Gasteiger partial charge in [-0.1, -0.05) is 12.1 Å². The summed E-state index contributed by atoms with van der Waals surface area (Å²) in [4.78, 5) is 13.8. The summed E-state index contributed by atoms with van der Waals surface area (Å²) in [7, 11) is 0. The maximum absolute atomic E-state index is 11.1. The molecule has 0 radical (unpaired) electrons. The Morgan fingerprint density at radius 2 is 1.95 bits per heavy atom. The van der Waals surface area contributed by atoms with Crippen molar-refractivity contribution in [3.05, 3.63) is 35.4 Å². The molecule has 1 aliphatic carbocycles. The molecule has 1 aromatic rings. The second kappa shape index (κ2) is 5.57. The van der Waals surface area contributed by atoms with Gasteiger partial charge >= 0.3 is 0 Å². The molecular weight excluding hydrogens is 248 g/mol. The summed E-state index contributed by atoms with van der Waals surface area (Å²) in [5.41, 5.74) is 7.26. The smallest absolute Gasteiger partial charge is 0.248 e. The molecule has 2 N–H and O–H groups in total. The summed E-state index contributed by atoms with van der Waals surface area (Å²) in [5.74, 6) is 0.307. The average molecular weight is 272 g/mol. The normalized spacial score (nSPS) is 30.8. The van der Waals surface area contributed by atoms with Crippen molar-refractivity contribution in [1.29, 1.82) is 0 Å². The number of amides is 1. The highest BCUT2D eigenvalue weighted by Crippen LogP contribution is 2.39. The topological polar surface area (TPSA) is 46.3 Å². The van der Waals surface area contributed by atoms with Gasteiger partial charge < -0.3 is 5.73 Å². The molecule has 3 nitrogen and oxygen atoms in total. The first-order valence-electron chi connectivity index (χ1n) is 7.80. The fourth-order valence-electron chi connectivity index (χ4n) is 3.98. The van der Waals surface area contributed by atoms with Crippen molar-refractivity contribution < 1.29 is 4.79 Å². The molecular formula is C17H24N2O. The van der Waals surface area contributed by atoms with Crippen molar-refractivity contribution in [3.8, 4) is 0 Å². The van der Waals surface area contributed by atoms with Crippen molar-refractivity contribution >= 4 is 5.91 Å². The van der Waals surface area contributed by atoms with Crippen LogP contribution >= 0.6 is 0 Å². The Kier molecular flexibility index (Phi) is 3.79. The van der Waals surface area contributed by atoms with E-state index in [1.807, 2.05) is 12.1 Å². The zero-order chi connectivity index (χ0) is 14.1. The fourth-order valence-corrected chi connectivity index (χ4v) is 3.98. The van der Waals surface area contributed by atoms with Crippen LogP contribution in [0.25, 0.3) is 0 Å². The van der Waals surface area contributed by atoms with Crippen LogP contribution in [-0.2, 0) is 0 Å². The van der Waals surface area contributed by atoms with Crippen LogP contribution in [0.1, 0.15) is 60.9 Å². The third kappa shape index (κ3) is 2.59. The number of carbonyl (C=O) groups is 1. The van der Waals surface area contributed by atoms with Gasteiger partial charge in [0.05, 0.1) is 0 Å². The number of hydrogen-bond acceptors (Lipinski definition) is 2. The summed E-state index contributed by atoms with van der Waals surface area (Å²) >= 11 is 0. The molecule has 0 aromatic heterocycles. The van der Waals surface area contributed by atoms with Gasteiger partial charge in [-0.2, -0.15) is 0 Å². The predicted octanol–water partition coefficient (Wildman–Crippen LogP) is 2.91. The quantitative estimate of drug-likeness (QED) is 0.919. The lowest BCUT2D eigenvalue weighted by Gasteiger charge is -2.28. The van der Waals surface area contributed by atoms with Crippen molar-refractivity contribution in [2.45, 2.75) is 57.0 Å². The third-order valence-corrected chi connectivity index (χ3v) is 5.14. The number of primary amides is 1. The highest BCUT2D eigenvalue weighted by atomic mass is 16.1. The summed E-state index contributed by atoms with van der Waals surface area (Å²) in [6, 6.07) is 9.41. The van der Waals surface area contributed by atoms with E-state index in [0.29, 0.717) is 11.5 Å². The van der Waals surface area contributed by atoms with Gasteiger partial charge in [-0.05, 0) is 69.2 Å². The van der Waals surface area contributed by atoms with Gasteiger partial charge in [0.2, 0.25) is 5.91 Å². The molecule has 1 amide bonds. The second-order valence-corrected chi connectivity index (χ2v) is 6.38. The molecule has 0 bridgehead atoms. The van der Waals surface area contributed by atoms with Crippen molar-refractivity contribution in [2.24, 2.45) is 5.73 Å². The lowest BCUT2D eigenvalue weighted by atomic mass is 9.96. The Morgan fingerprint density at radius 1 is 1.20 bits per heavy atom. The fraction of sp³-hybridized carbons (Fsp3) is 0.588. The number of carbonyl (C=O) groups excluding carboxylic acids is 1. The molecule has 2 aliphatic rings. The second-order valence-electron chi connectivity index (χ2n) is 6.38. The number of likely N-dealkylation sites (tertiary alicyclic amines) is 1. The highest BCUT2D eigenvalue weighted by molar-refractivity contribution is 5.92. The van der Waals surface area contributed by atoms with Crippen LogP contribution in [0.4, 0.5) is 0 Å². The monoisotopic (exact) mass is 272 g/mol. The van der Waals surface area contributed by atoms with E-state index < -0.39 is 0 Å². The minimum Gasteiger partial charge on any atom is -0.366 e. The lowest BCUT2D eigenvalue weighted by molar-refractivity contribution is 0.100. The van der Waals surface area contributed by atoms with Gasteiger partial charge in [0.1, 0.15) is 0 Å². The molecule has 3 heteroatoms. The average Bonchev–Trinajstić information content (AvgIpc) is 3.07. The van der Waals surface area contributed by atoms with E-state index in [1.54, 1.807) is 0 Å². The molecule has 20 heavy (non-hydrogen) atoms. The largest absolute Gasteiger partial charge is 0.366 e. The van der Waals surface area contributed by atoms with E-state index in [1.165, 1.54) is 44.2 Å². The zero-order valence-electron chi connectivity index (χ0n) is 12.2. The Hall–Kier alpha value is -1.35. The molecule has 3 rings (SSSR count). The van der Waals surface area contributed by atoms with E-state index in [9.17, 15) is 4.79 Å². The van der Waals surface area contributed by atoms with Crippen molar-refractivity contribution in [1.82, 2.24) is 4.90 Å². The van der Waals surface area contributed by atoms with Gasteiger partial charge in [0.15, 0.2) is 0 Å². The summed E-state index contributed by atoms with van der Waals surface area (Å²) in [6.45, 7) is 3.64. The molecule has 3 atom stereocenters. The number of benzene rings is 1. The minimum atomic E-state index is -0.341. The minimum absolute atomic E-state index is 0.341.